The van der Waals surface area contributed by atoms with Gasteiger partial charge in [-0.1, -0.05) is 45.6 Å². The number of nitrogens with zero attached hydrogens (tertiary/aromatic N) is 3. The molecule has 3 saturated carbocycles. The summed E-state index contributed by atoms with van der Waals surface area (Å²) in [5.41, 5.74) is 0.248. The Morgan fingerprint density at radius 3 is 2.52 bits per heavy atom. The number of piperidine rings is 1. The zero-order chi connectivity index (χ0) is 31.1. The molecule has 2 aromatic rings. The minimum atomic E-state index is -0.949. The lowest BCUT2D eigenvalue weighted by molar-refractivity contribution is -0.140. The molecule has 3 amide bonds. The summed E-state index contributed by atoms with van der Waals surface area (Å²) in [7, 11) is 3.50. The largest absolute Gasteiger partial charge is 0.380 e. The third-order valence-electron chi connectivity index (χ3n) is 12.4. The number of halogens is 1. The highest BCUT2D eigenvalue weighted by Crippen LogP contribution is 2.66. The number of aryl methyl sites for hydroxylation is 1. The molecule has 2 aliphatic heterocycles. The lowest BCUT2D eigenvalue weighted by atomic mass is 9.64. The first-order valence-electron chi connectivity index (χ1n) is 16.3. The Morgan fingerprint density at radius 2 is 1.93 bits per heavy atom. The van der Waals surface area contributed by atoms with E-state index in [1.165, 1.54) is 17.2 Å². The molecule has 7 rings (SSSR count). The lowest BCUT2D eigenvalue weighted by Crippen LogP contribution is -2.70. The van der Waals surface area contributed by atoms with Crippen molar-refractivity contribution < 1.29 is 23.5 Å². The van der Waals surface area contributed by atoms with Crippen molar-refractivity contribution in [1.29, 1.82) is 0 Å². The van der Waals surface area contributed by atoms with Crippen molar-refractivity contribution in [3.63, 3.8) is 0 Å². The van der Waals surface area contributed by atoms with E-state index < -0.39 is 17.3 Å². The zero-order valence-corrected chi connectivity index (χ0v) is 26.3. The molecule has 9 nitrogen and oxygen atoms in total. The quantitative estimate of drug-likeness (QED) is 0.443. The van der Waals surface area contributed by atoms with Crippen LogP contribution >= 0.6 is 0 Å². The Morgan fingerprint density at radius 1 is 1.16 bits per heavy atom. The molecule has 44 heavy (non-hydrogen) atoms. The number of benzene rings is 1. The zero-order valence-electron chi connectivity index (χ0n) is 26.3. The normalized spacial score (nSPS) is 35.8. The van der Waals surface area contributed by atoms with Crippen molar-refractivity contribution in [3.05, 3.63) is 47.5 Å². The summed E-state index contributed by atoms with van der Waals surface area (Å²) in [6.45, 7) is 5.66. The van der Waals surface area contributed by atoms with Crippen LogP contribution in [-0.2, 0) is 26.8 Å². The number of fused-ring (bicyclic) bond motifs is 1. The van der Waals surface area contributed by atoms with E-state index in [4.69, 9.17) is 4.74 Å². The number of quaternary nitrogens is 1. The Hall–Kier alpha value is -3.11. The first kappa shape index (κ1) is 29.6. The summed E-state index contributed by atoms with van der Waals surface area (Å²) in [5.74, 6) is -0.806. The summed E-state index contributed by atoms with van der Waals surface area (Å²) < 4.78 is 23.1. The molecule has 3 heterocycles. The van der Waals surface area contributed by atoms with Crippen molar-refractivity contribution in [2.45, 2.75) is 82.7 Å². The van der Waals surface area contributed by atoms with Crippen molar-refractivity contribution in [3.8, 4) is 0 Å². The molecular weight excluding hydrogens is 561 g/mol. The topological polar surface area (TPSA) is 102 Å². The van der Waals surface area contributed by atoms with Gasteiger partial charge in [-0.3, -0.25) is 14.3 Å². The first-order valence-corrected chi connectivity index (χ1v) is 16.3. The number of likely N-dealkylation sites (N-methyl/N-ethyl adjacent to an activating group) is 1. The summed E-state index contributed by atoms with van der Waals surface area (Å²) >= 11 is 0. The van der Waals surface area contributed by atoms with Crippen molar-refractivity contribution in [1.82, 2.24) is 24.9 Å². The minimum absolute atomic E-state index is 0.0170. The van der Waals surface area contributed by atoms with Gasteiger partial charge in [0.15, 0.2) is 11.5 Å². The van der Waals surface area contributed by atoms with Gasteiger partial charge in [0.2, 0.25) is 5.91 Å². The van der Waals surface area contributed by atoms with Crippen LogP contribution < -0.4 is 15.1 Å². The molecule has 0 radical (unpaired) electrons. The van der Waals surface area contributed by atoms with Crippen LogP contribution in [0.1, 0.15) is 81.3 Å². The van der Waals surface area contributed by atoms with E-state index >= 15 is 4.39 Å². The predicted molar refractivity (Wildman–Crippen MR) is 163 cm³/mol. The second-order valence-electron chi connectivity index (χ2n) is 15.0. The molecule has 10 heteroatoms. The van der Waals surface area contributed by atoms with Gasteiger partial charge < -0.3 is 15.4 Å². The van der Waals surface area contributed by atoms with Crippen LogP contribution in [0, 0.1) is 28.5 Å². The maximum absolute atomic E-state index is 16.1. The van der Waals surface area contributed by atoms with E-state index in [0.29, 0.717) is 36.7 Å². The van der Waals surface area contributed by atoms with Crippen LogP contribution in [0.15, 0.2) is 30.5 Å². The standard InChI is InChI=1S/C34H44FN5O4/c1-32(12-6-13-32)19-36-31(43)34(14-16-44-20-34)22-9-10-23(35)25(17-22)40(4)26-18-33(26,2)27(21-7-5-8-21)28(30(40)42)38-29(41)24-11-15-37-39(24)3/h9-11,15,17,21,26-28H,5-8,12-14,16,18-20H2,1-4H3,(H-,36,38,41,43)/p+1/t26?,27?,28-,33?,34?,40?/m0/s1. The number of ether oxygens (including phenoxy) is 1. The second-order valence-corrected chi connectivity index (χ2v) is 15.0. The molecule has 1 aromatic carbocycles. The van der Waals surface area contributed by atoms with Gasteiger partial charge in [-0.2, -0.15) is 5.10 Å². The van der Waals surface area contributed by atoms with E-state index in [9.17, 15) is 14.4 Å². The number of carbonyl (C=O) groups excluding carboxylic acids is 3. The monoisotopic (exact) mass is 606 g/mol. The fourth-order valence-corrected chi connectivity index (χ4v) is 9.01. The minimum Gasteiger partial charge on any atom is -0.380 e. The van der Waals surface area contributed by atoms with Crippen molar-refractivity contribution >= 4 is 23.4 Å². The molecule has 2 saturated heterocycles. The molecule has 2 N–H and O–H groups in total. The summed E-state index contributed by atoms with van der Waals surface area (Å²) in [5, 5.41) is 10.4. The van der Waals surface area contributed by atoms with Crippen LogP contribution in [-0.4, -0.2) is 66.4 Å². The fourth-order valence-electron chi connectivity index (χ4n) is 9.01. The molecule has 0 bridgehead atoms. The average molecular weight is 607 g/mol. The Bertz CT molecular complexity index is 1510. The van der Waals surface area contributed by atoms with E-state index in [2.05, 4.69) is 29.6 Å². The van der Waals surface area contributed by atoms with Crippen LogP contribution in [0.5, 0.6) is 0 Å². The Balaban J connectivity index is 1.25. The van der Waals surface area contributed by atoms with Gasteiger partial charge in [0, 0.05) is 50.2 Å². The van der Waals surface area contributed by atoms with E-state index in [1.807, 2.05) is 0 Å². The SMILES string of the molecule is Cn1nccc1C(=O)N[C@@H]1C(=O)[N+](C)(c2cc(C3(C(=O)NCC4(C)CCC4)CCOC3)ccc2F)C2CC2(C)C1C1CCC1. The van der Waals surface area contributed by atoms with Crippen LogP contribution in [0.25, 0.3) is 0 Å². The summed E-state index contributed by atoms with van der Waals surface area (Å²) in [6, 6.07) is 5.59. The van der Waals surface area contributed by atoms with Crippen LogP contribution in [0.2, 0.25) is 0 Å². The molecule has 5 fully saturated rings. The van der Waals surface area contributed by atoms with Crippen LogP contribution in [0.3, 0.4) is 0 Å². The third-order valence-corrected chi connectivity index (χ3v) is 12.4. The highest BCUT2D eigenvalue weighted by molar-refractivity contribution is 6.01. The number of aromatic nitrogens is 2. The smallest absolute Gasteiger partial charge is 0.341 e. The number of likely N-dealkylation sites (tertiary alicyclic amines) is 1. The van der Waals surface area contributed by atoms with Gasteiger partial charge in [0.1, 0.15) is 17.8 Å². The first-order chi connectivity index (χ1) is 20.9. The summed E-state index contributed by atoms with van der Waals surface area (Å²) in [4.78, 5) is 42.1. The molecule has 3 aliphatic carbocycles. The Labute approximate surface area is 258 Å². The maximum atomic E-state index is 16.1. The van der Waals surface area contributed by atoms with Gasteiger partial charge in [0.25, 0.3) is 5.91 Å². The second kappa shape index (κ2) is 10.2. The van der Waals surface area contributed by atoms with Gasteiger partial charge in [0.05, 0.1) is 19.1 Å². The van der Waals surface area contributed by atoms with E-state index in [1.54, 1.807) is 38.5 Å². The lowest BCUT2D eigenvalue weighted by Gasteiger charge is -2.49. The number of hydrogen-bond acceptors (Lipinski definition) is 5. The number of amides is 3. The molecule has 1 aromatic heterocycles. The molecule has 0 spiro atoms. The molecular formula is C34H45FN5O4+. The summed E-state index contributed by atoms with van der Waals surface area (Å²) in [6.07, 6.45) is 9.37. The van der Waals surface area contributed by atoms with Gasteiger partial charge >= 0.3 is 5.91 Å². The van der Waals surface area contributed by atoms with Crippen molar-refractivity contribution in [2.24, 2.45) is 29.7 Å². The number of hydrogen-bond donors (Lipinski definition) is 2. The Kier molecular flexibility index (Phi) is 6.86. The number of carbonyl (C=O) groups is 3. The number of rotatable bonds is 8. The van der Waals surface area contributed by atoms with E-state index in [0.717, 1.165) is 38.5 Å². The molecule has 5 aliphatic rings. The highest BCUT2D eigenvalue weighted by Gasteiger charge is 2.76. The van der Waals surface area contributed by atoms with Gasteiger partial charge in [-0.15, -0.1) is 0 Å². The molecule has 6 atom stereocenters. The molecule has 236 valence electrons. The maximum Gasteiger partial charge on any atom is 0.341 e. The van der Waals surface area contributed by atoms with Gasteiger partial charge in [-0.25, -0.2) is 13.7 Å². The predicted octanol–water partition coefficient (Wildman–Crippen LogP) is 3.99. The van der Waals surface area contributed by atoms with E-state index in [-0.39, 0.29) is 57.3 Å². The van der Waals surface area contributed by atoms with Crippen molar-refractivity contribution in [2.75, 3.05) is 26.8 Å². The van der Waals surface area contributed by atoms with Gasteiger partial charge in [-0.05, 0) is 48.3 Å². The van der Waals surface area contributed by atoms with Crippen LogP contribution in [0.4, 0.5) is 10.1 Å². The fraction of sp³-hybridized carbons (Fsp3) is 0.647. The third kappa shape index (κ3) is 4.30. The molecule has 5 unspecified atom stereocenters. The average Bonchev–Trinajstić information content (AvgIpc) is 3.27. The number of nitrogens with one attached hydrogen (secondary N) is 2. The highest BCUT2D eigenvalue weighted by atomic mass is 19.1.